The molecule has 0 aliphatic carbocycles. The summed E-state index contributed by atoms with van der Waals surface area (Å²) in [4.78, 5) is 19.1. The first-order chi connectivity index (χ1) is 10.9. The van der Waals surface area contributed by atoms with Crippen LogP contribution >= 0.6 is 0 Å². The SMILES string of the molecule is COCCC(C)(C)NC(=O)c1ccc(N2CCC(C)CC2)nc1. The van der Waals surface area contributed by atoms with Crippen LogP contribution in [0.25, 0.3) is 0 Å². The Morgan fingerprint density at radius 1 is 1.39 bits per heavy atom. The number of ether oxygens (including phenoxy) is 1. The minimum absolute atomic E-state index is 0.0857. The third-order valence-electron chi connectivity index (χ3n) is 4.50. The minimum Gasteiger partial charge on any atom is -0.385 e. The van der Waals surface area contributed by atoms with E-state index in [1.165, 1.54) is 12.8 Å². The highest BCUT2D eigenvalue weighted by Crippen LogP contribution is 2.21. The topological polar surface area (TPSA) is 54.5 Å². The minimum atomic E-state index is -0.297. The fourth-order valence-electron chi connectivity index (χ4n) is 2.74. The molecular weight excluding hydrogens is 290 g/mol. The zero-order valence-corrected chi connectivity index (χ0v) is 14.8. The van der Waals surface area contributed by atoms with Crippen LogP contribution in [-0.2, 0) is 4.74 Å². The number of methoxy groups -OCH3 is 1. The summed E-state index contributed by atoms with van der Waals surface area (Å²) >= 11 is 0. The van der Waals surface area contributed by atoms with E-state index in [1.54, 1.807) is 13.3 Å². The molecule has 2 rings (SSSR count). The largest absolute Gasteiger partial charge is 0.385 e. The summed E-state index contributed by atoms with van der Waals surface area (Å²) in [7, 11) is 1.67. The number of carbonyl (C=O) groups excluding carboxylic acids is 1. The number of nitrogens with zero attached hydrogens (tertiary/aromatic N) is 2. The average Bonchev–Trinajstić information content (AvgIpc) is 2.53. The van der Waals surface area contributed by atoms with Gasteiger partial charge in [-0.1, -0.05) is 6.92 Å². The lowest BCUT2D eigenvalue weighted by Gasteiger charge is -2.31. The first-order valence-corrected chi connectivity index (χ1v) is 8.44. The van der Waals surface area contributed by atoms with Gasteiger partial charge in [0.25, 0.3) is 5.91 Å². The summed E-state index contributed by atoms with van der Waals surface area (Å²) in [6.07, 6.45) is 4.86. The summed E-state index contributed by atoms with van der Waals surface area (Å²) in [5.41, 5.74) is 0.305. The van der Waals surface area contributed by atoms with Crippen LogP contribution in [0.4, 0.5) is 5.82 Å². The van der Waals surface area contributed by atoms with Gasteiger partial charge in [-0.15, -0.1) is 0 Å². The van der Waals surface area contributed by atoms with Gasteiger partial charge in [-0.3, -0.25) is 4.79 Å². The van der Waals surface area contributed by atoms with Gasteiger partial charge in [0, 0.05) is 38.5 Å². The molecule has 2 heterocycles. The van der Waals surface area contributed by atoms with E-state index in [0.717, 1.165) is 31.2 Å². The Morgan fingerprint density at radius 2 is 2.09 bits per heavy atom. The van der Waals surface area contributed by atoms with Crippen molar-refractivity contribution in [2.45, 2.75) is 45.6 Å². The third kappa shape index (κ3) is 5.20. The zero-order chi connectivity index (χ0) is 16.9. The predicted molar refractivity (Wildman–Crippen MR) is 92.9 cm³/mol. The molecule has 1 saturated heterocycles. The van der Waals surface area contributed by atoms with Crippen molar-refractivity contribution in [2.24, 2.45) is 5.92 Å². The van der Waals surface area contributed by atoms with Crippen molar-refractivity contribution in [3.05, 3.63) is 23.9 Å². The molecule has 0 unspecified atom stereocenters. The number of nitrogens with one attached hydrogen (secondary N) is 1. The number of amides is 1. The van der Waals surface area contributed by atoms with Crippen LogP contribution in [0.3, 0.4) is 0 Å². The highest BCUT2D eigenvalue weighted by atomic mass is 16.5. The number of hydrogen-bond donors (Lipinski definition) is 1. The highest BCUT2D eigenvalue weighted by Gasteiger charge is 2.22. The van der Waals surface area contributed by atoms with Gasteiger partial charge in [-0.05, 0) is 51.2 Å². The normalized spacial score (nSPS) is 16.4. The van der Waals surface area contributed by atoms with Crippen LogP contribution in [0.5, 0.6) is 0 Å². The standard InChI is InChI=1S/C18H29N3O2/c1-14-7-10-21(11-8-14)16-6-5-15(13-19-16)17(22)20-18(2,3)9-12-23-4/h5-6,13-14H,7-12H2,1-4H3,(H,20,22). The van der Waals surface area contributed by atoms with E-state index in [0.29, 0.717) is 12.2 Å². The number of anilines is 1. The molecule has 0 spiro atoms. The monoisotopic (exact) mass is 319 g/mol. The summed E-state index contributed by atoms with van der Waals surface area (Å²) in [5.74, 6) is 1.68. The van der Waals surface area contributed by atoms with E-state index in [4.69, 9.17) is 4.74 Å². The van der Waals surface area contributed by atoms with Crippen molar-refractivity contribution in [3.8, 4) is 0 Å². The number of carbonyl (C=O) groups is 1. The molecule has 1 amide bonds. The molecule has 128 valence electrons. The molecule has 1 aromatic heterocycles. The number of aromatic nitrogens is 1. The van der Waals surface area contributed by atoms with Crippen molar-refractivity contribution < 1.29 is 9.53 Å². The van der Waals surface area contributed by atoms with E-state index in [2.05, 4.69) is 22.1 Å². The Balaban J connectivity index is 1.95. The van der Waals surface area contributed by atoms with Gasteiger partial charge in [0.05, 0.1) is 5.56 Å². The molecule has 1 aliphatic rings. The molecule has 1 aromatic rings. The lowest BCUT2D eigenvalue weighted by Crippen LogP contribution is -2.44. The molecule has 0 aromatic carbocycles. The first kappa shape index (κ1) is 17.7. The third-order valence-corrected chi connectivity index (χ3v) is 4.50. The zero-order valence-electron chi connectivity index (χ0n) is 14.8. The molecule has 5 nitrogen and oxygen atoms in total. The highest BCUT2D eigenvalue weighted by molar-refractivity contribution is 5.94. The summed E-state index contributed by atoms with van der Waals surface area (Å²) in [5, 5.41) is 3.04. The maximum Gasteiger partial charge on any atom is 0.253 e. The van der Waals surface area contributed by atoms with Gasteiger partial charge in [0.15, 0.2) is 0 Å². The summed E-state index contributed by atoms with van der Waals surface area (Å²) in [6, 6.07) is 3.81. The lowest BCUT2D eigenvalue weighted by molar-refractivity contribution is 0.0888. The smallest absolute Gasteiger partial charge is 0.253 e. The van der Waals surface area contributed by atoms with E-state index >= 15 is 0 Å². The number of piperidine rings is 1. The Hall–Kier alpha value is -1.62. The second-order valence-corrected chi connectivity index (χ2v) is 7.16. The Bertz CT molecular complexity index is 506. The molecular formula is C18H29N3O2. The maximum atomic E-state index is 12.3. The molecule has 23 heavy (non-hydrogen) atoms. The predicted octanol–water partition coefficient (Wildman–Crippen LogP) is 2.86. The van der Waals surface area contributed by atoms with E-state index in [-0.39, 0.29) is 11.4 Å². The van der Waals surface area contributed by atoms with Crippen LogP contribution in [-0.4, -0.2) is 43.2 Å². The fraction of sp³-hybridized carbons (Fsp3) is 0.667. The fourth-order valence-corrected chi connectivity index (χ4v) is 2.74. The van der Waals surface area contributed by atoms with Gasteiger partial charge >= 0.3 is 0 Å². The van der Waals surface area contributed by atoms with E-state index < -0.39 is 0 Å². The molecule has 0 bridgehead atoms. The Labute approximate surface area is 139 Å². The van der Waals surface area contributed by atoms with Gasteiger partial charge in [0.2, 0.25) is 0 Å². The van der Waals surface area contributed by atoms with Crippen LogP contribution in [0.15, 0.2) is 18.3 Å². The van der Waals surface area contributed by atoms with Gasteiger partial charge in [-0.25, -0.2) is 4.98 Å². The maximum absolute atomic E-state index is 12.3. The van der Waals surface area contributed by atoms with Crippen molar-refractivity contribution >= 4 is 11.7 Å². The van der Waals surface area contributed by atoms with Crippen LogP contribution in [0.2, 0.25) is 0 Å². The van der Waals surface area contributed by atoms with Crippen LogP contribution in [0, 0.1) is 5.92 Å². The van der Waals surface area contributed by atoms with Crippen molar-refractivity contribution in [2.75, 3.05) is 31.7 Å². The quantitative estimate of drug-likeness (QED) is 0.876. The summed E-state index contributed by atoms with van der Waals surface area (Å²) < 4.78 is 5.09. The molecule has 0 saturated carbocycles. The lowest BCUT2D eigenvalue weighted by atomic mass is 9.99. The van der Waals surface area contributed by atoms with Gasteiger partial charge < -0.3 is 15.0 Å². The van der Waals surface area contributed by atoms with E-state index in [1.807, 2.05) is 26.0 Å². The summed E-state index contributed by atoms with van der Waals surface area (Å²) in [6.45, 7) is 9.01. The van der Waals surface area contributed by atoms with Crippen molar-refractivity contribution in [1.82, 2.24) is 10.3 Å². The Kier molecular flexibility index (Phi) is 5.99. The van der Waals surface area contributed by atoms with Gasteiger partial charge in [-0.2, -0.15) is 0 Å². The van der Waals surface area contributed by atoms with E-state index in [9.17, 15) is 4.79 Å². The number of rotatable bonds is 6. The molecule has 1 fully saturated rings. The average molecular weight is 319 g/mol. The second kappa shape index (κ2) is 7.77. The molecule has 5 heteroatoms. The van der Waals surface area contributed by atoms with Crippen molar-refractivity contribution in [3.63, 3.8) is 0 Å². The molecule has 1 N–H and O–H groups in total. The molecule has 0 atom stereocenters. The second-order valence-electron chi connectivity index (χ2n) is 7.16. The van der Waals surface area contributed by atoms with Gasteiger partial charge in [0.1, 0.15) is 5.82 Å². The first-order valence-electron chi connectivity index (χ1n) is 8.44. The number of pyridine rings is 1. The number of hydrogen-bond acceptors (Lipinski definition) is 4. The molecule has 0 radical (unpaired) electrons. The van der Waals surface area contributed by atoms with Crippen molar-refractivity contribution in [1.29, 1.82) is 0 Å². The molecule has 1 aliphatic heterocycles. The Morgan fingerprint density at radius 3 is 2.65 bits per heavy atom. The van der Waals surface area contributed by atoms with Crippen LogP contribution in [0.1, 0.15) is 50.4 Å². The van der Waals surface area contributed by atoms with Crippen LogP contribution < -0.4 is 10.2 Å².